The molecule has 2 fully saturated rings. The zero-order chi connectivity index (χ0) is 7.31. The molecular weight excluding hydrogens is 140 g/mol. The lowest BCUT2D eigenvalue weighted by Gasteiger charge is -2.47. The van der Waals surface area contributed by atoms with Crippen LogP contribution in [-0.2, 0) is 9.47 Å². The first-order chi connectivity index (χ1) is 5.41. The van der Waals surface area contributed by atoms with Crippen LogP contribution in [-0.4, -0.2) is 19.0 Å². The summed E-state index contributed by atoms with van der Waals surface area (Å²) in [6.45, 7) is 1.58. The Balaban J connectivity index is 1.85. The van der Waals surface area contributed by atoms with Gasteiger partial charge in [0.25, 0.3) is 0 Å². The Morgan fingerprint density at radius 2 is 2.09 bits per heavy atom. The summed E-state index contributed by atoms with van der Waals surface area (Å²) in [5.74, 6) is 1.23. The highest BCUT2D eigenvalue weighted by Crippen LogP contribution is 2.54. The van der Waals surface area contributed by atoms with Crippen molar-refractivity contribution < 1.29 is 9.47 Å². The molecule has 3 aliphatic rings. The highest BCUT2D eigenvalue weighted by Gasteiger charge is 2.57. The van der Waals surface area contributed by atoms with Gasteiger partial charge in [-0.25, -0.2) is 0 Å². The molecular formula is C9H12O2. The van der Waals surface area contributed by atoms with Crippen molar-refractivity contribution in [1.82, 2.24) is 0 Å². The third-order valence-corrected chi connectivity index (χ3v) is 3.12. The molecule has 2 nitrogen and oxygen atoms in total. The van der Waals surface area contributed by atoms with Crippen molar-refractivity contribution in [2.45, 2.75) is 18.6 Å². The van der Waals surface area contributed by atoms with Gasteiger partial charge in [0.2, 0.25) is 0 Å². The molecule has 0 aromatic heterocycles. The van der Waals surface area contributed by atoms with E-state index in [2.05, 4.69) is 12.2 Å². The van der Waals surface area contributed by atoms with Crippen LogP contribution in [0.15, 0.2) is 12.2 Å². The fourth-order valence-corrected chi connectivity index (χ4v) is 2.54. The lowest BCUT2D eigenvalue weighted by atomic mass is 9.70. The third kappa shape index (κ3) is 0.644. The molecule has 1 saturated heterocycles. The normalized spacial score (nSPS) is 44.4. The molecule has 3 rings (SSSR count). The van der Waals surface area contributed by atoms with E-state index in [-0.39, 0.29) is 5.79 Å². The fraction of sp³-hybridized carbons (Fsp3) is 0.778. The average Bonchev–Trinajstić information content (AvgIpc) is 2.52. The lowest BCUT2D eigenvalue weighted by Crippen LogP contribution is -2.52. The third-order valence-electron chi connectivity index (χ3n) is 3.12. The quantitative estimate of drug-likeness (QED) is 0.487. The van der Waals surface area contributed by atoms with Crippen LogP contribution in [0.1, 0.15) is 12.8 Å². The van der Waals surface area contributed by atoms with Crippen LogP contribution >= 0.6 is 0 Å². The summed E-state index contributed by atoms with van der Waals surface area (Å²) in [6.07, 6.45) is 6.87. The second kappa shape index (κ2) is 1.87. The summed E-state index contributed by atoms with van der Waals surface area (Å²) in [5.41, 5.74) is 0. The summed E-state index contributed by atoms with van der Waals surface area (Å²) in [6, 6.07) is 0. The van der Waals surface area contributed by atoms with Crippen molar-refractivity contribution in [3.05, 3.63) is 12.2 Å². The molecule has 1 spiro atoms. The van der Waals surface area contributed by atoms with Gasteiger partial charge in [-0.2, -0.15) is 0 Å². The molecule has 0 bridgehead atoms. The van der Waals surface area contributed by atoms with E-state index in [4.69, 9.17) is 9.47 Å². The lowest BCUT2D eigenvalue weighted by molar-refractivity contribution is -0.257. The van der Waals surface area contributed by atoms with E-state index in [1.54, 1.807) is 0 Å². The maximum Gasteiger partial charge on any atom is 0.175 e. The van der Waals surface area contributed by atoms with E-state index in [1.807, 2.05) is 0 Å². The van der Waals surface area contributed by atoms with Gasteiger partial charge in [0, 0.05) is 12.3 Å². The second-order valence-electron chi connectivity index (χ2n) is 3.66. The Morgan fingerprint density at radius 1 is 1.27 bits per heavy atom. The minimum Gasteiger partial charge on any atom is -0.347 e. The van der Waals surface area contributed by atoms with E-state index >= 15 is 0 Å². The maximum absolute atomic E-state index is 5.62. The molecule has 2 aliphatic carbocycles. The highest BCUT2D eigenvalue weighted by atomic mass is 16.7. The molecule has 1 heterocycles. The van der Waals surface area contributed by atoms with E-state index in [0.29, 0.717) is 5.92 Å². The van der Waals surface area contributed by atoms with Gasteiger partial charge in [-0.1, -0.05) is 12.2 Å². The minimum atomic E-state index is -0.169. The van der Waals surface area contributed by atoms with Gasteiger partial charge in [0.05, 0.1) is 13.2 Å². The number of allylic oxidation sites excluding steroid dienone is 1. The summed E-state index contributed by atoms with van der Waals surface area (Å²) >= 11 is 0. The Bertz CT molecular complexity index is 204. The average molecular weight is 152 g/mol. The van der Waals surface area contributed by atoms with Gasteiger partial charge in [0.15, 0.2) is 5.79 Å². The Morgan fingerprint density at radius 3 is 2.82 bits per heavy atom. The Hall–Kier alpha value is -0.340. The topological polar surface area (TPSA) is 18.5 Å². The SMILES string of the molecule is C1=CC2C(C1)CC21OCCO1. The maximum atomic E-state index is 5.62. The van der Waals surface area contributed by atoms with Gasteiger partial charge in [-0.3, -0.25) is 0 Å². The van der Waals surface area contributed by atoms with Crippen LogP contribution in [0.25, 0.3) is 0 Å². The van der Waals surface area contributed by atoms with Gasteiger partial charge < -0.3 is 9.47 Å². The van der Waals surface area contributed by atoms with E-state index in [0.717, 1.165) is 25.6 Å². The highest BCUT2D eigenvalue weighted by molar-refractivity contribution is 5.15. The molecule has 0 N–H and O–H groups in total. The molecule has 1 saturated carbocycles. The molecule has 60 valence electrons. The van der Waals surface area contributed by atoms with Crippen molar-refractivity contribution in [2.75, 3.05) is 13.2 Å². The summed E-state index contributed by atoms with van der Waals surface area (Å²) < 4.78 is 11.2. The summed E-state index contributed by atoms with van der Waals surface area (Å²) in [4.78, 5) is 0. The fourth-order valence-electron chi connectivity index (χ4n) is 2.54. The Kier molecular flexibility index (Phi) is 1.06. The first-order valence-corrected chi connectivity index (χ1v) is 4.35. The van der Waals surface area contributed by atoms with Crippen molar-refractivity contribution in [3.8, 4) is 0 Å². The number of fused-ring (bicyclic) bond motifs is 2. The van der Waals surface area contributed by atoms with Gasteiger partial charge >= 0.3 is 0 Å². The van der Waals surface area contributed by atoms with Gasteiger partial charge in [-0.15, -0.1) is 0 Å². The number of hydrogen-bond donors (Lipinski definition) is 0. The molecule has 2 unspecified atom stereocenters. The molecule has 11 heavy (non-hydrogen) atoms. The smallest absolute Gasteiger partial charge is 0.175 e. The van der Waals surface area contributed by atoms with Crippen LogP contribution < -0.4 is 0 Å². The zero-order valence-electron chi connectivity index (χ0n) is 6.45. The van der Waals surface area contributed by atoms with Crippen LogP contribution in [0.5, 0.6) is 0 Å². The van der Waals surface area contributed by atoms with Crippen LogP contribution in [0.2, 0.25) is 0 Å². The second-order valence-corrected chi connectivity index (χ2v) is 3.66. The summed E-state index contributed by atoms with van der Waals surface area (Å²) in [7, 11) is 0. The molecule has 0 aromatic carbocycles. The number of hydrogen-bond acceptors (Lipinski definition) is 2. The number of rotatable bonds is 0. The predicted octanol–water partition coefficient (Wildman–Crippen LogP) is 1.33. The van der Waals surface area contributed by atoms with Crippen LogP contribution in [0.3, 0.4) is 0 Å². The molecule has 0 amide bonds. The van der Waals surface area contributed by atoms with Crippen molar-refractivity contribution in [1.29, 1.82) is 0 Å². The van der Waals surface area contributed by atoms with E-state index in [1.165, 1.54) is 6.42 Å². The molecule has 0 radical (unpaired) electrons. The first-order valence-electron chi connectivity index (χ1n) is 4.35. The molecule has 2 heteroatoms. The van der Waals surface area contributed by atoms with Crippen molar-refractivity contribution >= 4 is 0 Å². The van der Waals surface area contributed by atoms with Crippen LogP contribution in [0, 0.1) is 11.8 Å². The molecule has 1 aliphatic heterocycles. The minimum absolute atomic E-state index is 0.169. The van der Waals surface area contributed by atoms with Crippen molar-refractivity contribution in [3.63, 3.8) is 0 Å². The van der Waals surface area contributed by atoms with Gasteiger partial charge in [-0.05, 0) is 12.3 Å². The van der Waals surface area contributed by atoms with E-state index < -0.39 is 0 Å². The first kappa shape index (κ1) is 6.21. The predicted molar refractivity (Wildman–Crippen MR) is 40.0 cm³/mol. The summed E-state index contributed by atoms with van der Waals surface area (Å²) in [5, 5.41) is 0. The van der Waals surface area contributed by atoms with Gasteiger partial charge in [0.1, 0.15) is 0 Å². The van der Waals surface area contributed by atoms with Crippen molar-refractivity contribution in [2.24, 2.45) is 11.8 Å². The van der Waals surface area contributed by atoms with E-state index in [9.17, 15) is 0 Å². The largest absolute Gasteiger partial charge is 0.347 e. The Labute approximate surface area is 66.2 Å². The number of ether oxygens (including phenoxy) is 2. The van der Waals surface area contributed by atoms with Crippen LogP contribution in [0.4, 0.5) is 0 Å². The zero-order valence-corrected chi connectivity index (χ0v) is 6.45. The standard InChI is InChI=1S/C9H12O2/c1-2-7-6-9(8(7)3-1)10-4-5-11-9/h1,3,7-8H,2,4-6H2. The monoisotopic (exact) mass is 152 g/mol. The molecule has 0 aromatic rings. The molecule has 2 atom stereocenters.